The van der Waals surface area contributed by atoms with Crippen LogP contribution >= 0.6 is 0 Å². The molecule has 0 saturated carbocycles. The van der Waals surface area contributed by atoms with E-state index in [1.807, 2.05) is 0 Å². The van der Waals surface area contributed by atoms with Crippen molar-refractivity contribution in [2.24, 2.45) is 5.11 Å². The van der Waals surface area contributed by atoms with Gasteiger partial charge in [-0.05, 0) is 44.1 Å². The molecule has 120 valence electrons. The summed E-state index contributed by atoms with van der Waals surface area (Å²) in [5.74, 6) is 0. The second-order valence-electron chi connectivity index (χ2n) is 5.54. The zero-order valence-electron chi connectivity index (χ0n) is 13.8. The minimum atomic E-state index is 0.640. The minimum absolute atomic E-state index is 0.640. The summed E-state index contributed by atoms with van der Waals surface area (Å²) in [6.07, 6.45) is 24.2. The smallest absolute Gasteiger partial charge is 0.0257 e. The summed E-state index contributed by atoms with van der Waals surface area (Å²) in [6.45, 7) is 2.90. The summed E-state index contributed by atoms with van der Waals surface area (Å²) in [5, 5.41) is 3.53. The zero-order valence-corrected chi connectivity index (χ0v) is 13.8. The second-order valence-corrected chi connectivity index (χ2v) is 5.54. The highest BCUT2D eigenvalue weighted by Crippen LogP contribution is 2.07. The monoisotopic (exact) mass is 291 g/mol. The fourth-order valence-electron chi connectivity index (χ4n) is 2.22. The average Bonchev–Trinajstić information content (AvgIpc) is 2.50. The van der Waals surface area contributed by atoms with E-state index in [1.165, 1.54) is 51.4 Å². The SMILES string of the molecule is CCCCCCCCC=CCC=CCCCCCN=[N+]=[N-]. The number of unbranched alkanes of at least 4 members (excludes halogenated alkanes) is 9. The van der Waals surface area contributed by atoms with Gasteiger partial charge in [0.25, 0.3) is 0 Å². The third-order valence-corrected chi connectivity index (χ3v) is 3.52. The van der Waals surface area contributed by atoms with Crippen LogP contribution in [0.5, 0.6) is 0 Å². The molecular weight excluding hydrogens is 258 g/mol. The van der Waals surface area contributed by atoms with Gasteiger partial charge < -0.3 is 0 Å². The van der Waals surface area contributed by atoms with E-state index in [4.69, 9.17) is 5.53 Å². The number of azide groups is 1. The fraction of sp³-hybridized carbons (Fsp3) is 0.778. The van der Waals surface area contributed by atoms with E-state index in [2.05, 4.69) is 41.3 Å². The van der Waals surface area contributed by atoms with Gasteiger partial charge in [0, 0.05) is 11.5 Å². The van der Waals surface area contributed by atoms with Gasteiger partial charge in [-0.15, -0.1) is 0 Å². The third kappa shape index (κ3) is 18.8. The van der Waals surface area contributed by atoms with Crippen LogP contribution in [-0.4, -0.2) is 6.54 Å². The lowest BCUT2D eigenvalue weighted by atomic mass is 10.1. The standard InChI is InChI=1S/C18H33N3/c1-2-3-4-5-6-7-8-9-10-11-12-13-14-15-16-17-18-20-21-19/h9-10,12-13H,2-8,11,14-18H2,1H3. The third-order valence-electron chi connectivity index (χ3n) is 3.52. The first kappa shape index (κ1) is 19.8. The lowest BCUT2D eigenvalue weighted by molar-refractivity contribution is 0.611. The maximum Gasteiger partial charge on any atom is 0.0257 e. The molecule has 0 unspecified atom stereocenters. The zero-order chi connectivity index (χ0) is 15.4. The Morgan fingerprint density at radius 2 is 1.33 bits per heavy atom. The van der Waals surface area contributed by atoms with E-state index < -0.39 is 0 Å². The molecule has 0 rings (SSSR count). The van der Waals surface area contributed by atoms with Crippen molar-refractivity contribution in [3.8, 4) is 0 Å². The van der Waals surface area contributed by atoms with Crippen molar-refractivity contribution in [1.82, 2.24) is 0 Å². The molecule has 0 saturated heterocycles. The summed E-state index contributed by atoms with van der Waals surface area (Å²) < 4.78 is 0. The molecule has 0 radical (unpaired) electrons. The lowest BCUT2D eigenvalue weighted by Gasteiger charge is -1.97. The van der Waals surface area contributed by atoms with Gasteiger partial charge in [0.2, 0.25) is 0 Å². The molecule has 21 heavy (non-hydrogen) atoms. The quantitative estimate of drug-likeness (QED) is 0.101. The summed E-state index contributed by atoms with van der Waals surface area (Å²) in [5.41, 5.74) is 8.13. The molecule has 3 heteroatoms. The van der Waals surface area contributed by atoms with Gasteiger partial charge in [0.05, 0.1) is 0 Å². The highest BCUT2D eigenvalue weighted by Gasteiger charge is 1.88. The van der Waals surface area contributed by atoms with Crippen molar-refractivity contribution in [1.29, 1.82) is 0 Å². The molecule has 0 aromatic heterocycles. The van der Waals surface area contributed by atoms with Crippen LogP contribution in [-0.2, 0) is 0 Å². The average molecular weight is 291 g/mol. The highest BCUT2D eigenvalue weighted by atomic mass is 15.1. The number of nitrogens with zero attached hydrogens (tertiary/aromatic N) is 3. The molecule has 0 spiro atoms. The van der Waals surface area contributed by atoms with Gasteiger partial charge in [-0.2, -0.15) is 0 Å². The van der Waals surface area contributed by atoms with Gasteiger partial charge in [-0.1, -0.05) is 74.9 Å². The Kier molecular flexibility index (Phi) is 17.7. The van der Waals surface area contributed by atoms with Gasteiger partial charge in [-0.25, -0.2) is 0 Å². The topological polar surface area (TPSA) is 48.8 Å². The molecule has 0 aromatic carbocycles. The maximum absolute atomic E-state index is 8.13. The normalized spacial score (nSPS) is 11.3. The van der Waals surface area contributed by atoms with Crippen LogP contribution < -0.4 is 0 Å². The second kappa shape index (κ2) is 18.8. The van der Waals surface area contributed by atoms with Crippen LogP contribution in [0, 0.1) is 0 Å². The molecule has 0 atom stereocenters. The largest absolute Gasteiger partial charge is 0.0940 e. The molecule has 0 heterocycles. The molecule has 0 aliphatic rings. The van der Waals surface area contributed by atoms with Crippen LogP contribution in [0.1, 0.15) is 84.0 Å². The Hall–Kier alpha value is -1.21. The molecule has 0 aromatic rings. The summed E-state index contributed by atoms with van der Waals surface area (Å²) in [4.78, 5) is 2.75. The van der Waals surface area contributed by atoms with E-state index in [0.29, 0.717) is 6.54 Å². The predicted octanol–water partition coefficient (Wildman–Crippen LogP) is 7.11. The van der Waals surface area contributed by atoms with E-state index in [-0.39, 0.29) is 0 Å². The van der Waals surface area contributed by atoms with Crippen molar-refractivity contribution in [2.45, 2.75) is 84.0 Å². The summed E-state index contributed by atoms with van der Waals surface area (Å²) in [7, 11) is 0. The van der Waals surface area contributed by atoms with Crippen LogP contribution in [0.3, 0.4) is 0 Å². The van der Waals surface area contributed by atoms with Crippen LogP contribution in [0.2, 0.25) is 0 Å². The highest BCUT2D eigenvalue weighted by molar-refractivity contribution is 4.92. The van der Waals surface area contributed by atoms with Crippen molar-refractivity contribution < 1.29 is 0 Å². The van der Waals surface area contributed by atoms with Gasteiger partial charge in [0.15, 0.2) is 0 Å². The number of rotatable bonds is 15. The van der Waals surface area contributed by atoms with Gasteiger partial charge in [-0.3, -0.25) is 0 Å². The first-order valence-electron chi connectivity index (χ1n) is 8.72. The molecule has 0 N–H and O–H groups in total. The van der Waals surface area contributed by atoms with E-state index in [9.17, 15) is 0 Å². The van der Waals surface area contributed by atoms with Crippen LogP contribution in [0.25, 0.3) is 10.4 Å². The fourth-order valence-corrected chi connectivity index (χ4v) is 2.22. The Labute approximate surface area is 131 Å². The molecule has 0 aliphatic carbocycles. The van der Waals surface area contributed by atoms with Crippen molar-refractivity contribution in [3.63, 3.8) is 0 Å². The maximum atomic E-state index is 8.13. The van der Waals surface area contributed by atoms with E-state index in [1.54, 1.807) is 0 Å². The van der Waals surface area contributed by atoms with Crippen molar-refractivity contribution in [2.75, 3.05) is 6.54 Å². The molecular formula is C18H33N3. The van der Waals surface area contributed by atoms with Gasteiger partial charge in [0.1, 0.15) is 0 Å². The molecule has 0 aliphatic heterocycles. The Morgan fingerprint density at radius 3 is 1.95 bits per heavy atom. The van der Waals surface area contributed by atoms with Crippen LogP contribution in [0.15, 0.2) is 29.4 Å². The molecule has 0 bridgehead atoms. The lowest BCUT2D eigenvalue weighted by Crippen LogP contribution is -1.79. The first-order chi connectivity index (χ1) is 10.4. The number of hydrogen-bond donors (Lipinski definition) is 0. The van der Waals surface area contributed by atoms with E-state index in [0.717, 1.165) is 25.7 Å². The molecule has 3 nitrogen and oxygen atoms in total. The Morgan fingerprint density at radius 1 is 0.762 bits per heavy atom. The Bertz CT molecular complexity index is 302. The van der Waals surface area contributed by atoms with Crippen molar-refractivity contribution in [3.05, 3.63) is 34.7 Å². The predicted molar refractivity (Wildman–Crippen MR) is 93.4 cm³/mol. The van der Waals surface area contributed by atoms with Crippen LogP contribution in [0.4, 0.5) is 0 Å². The molecule has 0 amide bonds. The summed E-state index contributed by atoms with van der Waals surface area (Å²) in [6, 6.07) is 0. The minimum Gasteiger partial charge on any atom is -0.0940 e. The number of hydrogen-bond acceptors (Lipinski definition) is 1. The van der Waals surface area contributed by atoms with E-state index >= 15 is 0 Å². The Balaban J connectivity index is 3.19. The number of allylic oxidation sites excluding steroid dienone is 4. The van der Waals surface area contributed by atoms with Gasteiger partial charge >= 0.3 is 0 Å². The van der Waals surface area contributed by atoms with Crippen molar-refractivity contribution >= 4 is 0 Å². The first-order valence-corrected chi connectivity index (χ1v) is 8.72. The molecule has 0 fully saturated rings. The summed E-state index contributed by atoms with van der Waals surface area (Å²) >= 11 is 0.